The fourth-order valence-corrected chi connectivity index (χ4v) is 4.01. The van der Waals surface area contributed by atoms with Crippen molar-refractivity contribution in [2.75, 3.05) is 0 Å². The first-order valence-corrected chi connectivity index (χ1v) is 8.19. The van der Waals surface area contributed by atoms with E-state index in [1.54, 1.807) is 0 Å². The Hall–Kier alpha value is -0.470. The molecule has 0 atom stereocenters. The molecule has 0 aromatic heterocycles. The molecule has 2 saturated carbocycles. The van der Waals surface area contributed by atoms with E-state index in [0.717, 1.165) is 17.8 Å². The summed E-state index contributed by atoms with van der Waals surface area (Å²) in [5, 5.41) is 4.46. The molecule has 2 heteroatoms. The predicted octanol–water partition coefficient (Wildman–Crippen LogP) is 4.28. The first-order chi connectivity index (χ1) is 8.81. The lowest BCUT2D eigenvalue weighted by Gasteiger charge is -2.12. The van der Waals surface area contributed by atoms with E-state index in [4.69, 9.17) is 0 Å². The van der Waals surface area contributed by atoms with Crippen LogP contribution < -0.4 is 5.32 Å². The molecule has 2 fully saturated rings. The highest BCUT2D eigenvalue weighted by Gasteiger charge is 2.20. The Morgan fingerprint density at radius 3 is 2.61 bits per heavy atom. The Balaban J connectivity index is 1.60. The van der Waals surface area contributed by atoms with Crippen molar-refractivity contribution in [1.29, 1.82) is 0 Å². The van der Waals surface area contributed by atoms with Crippen LogP contribution in [-0.4, -0.2) is 11.3 Å². The molecular weight excluding hydrogens is 238 g/mol. The van der Waals surface area contributed by atoms with Crippen LogP contribution in [0.2, 0.25) is 0 Å². The van der Waals surface area contributed by atoms with Gasteiger partial charge in [0.1, 0.15) is 0 Å². The highest BCUT2D eigenvalue weighted by molar-refractivity contribution is 8.00. The molecule has 0 aliphatic heterocycles. The fraction of sp³-hybridized carbons (Fsp3) is 0.625. The molecule has 1 aromatic carbocycles. The van der Waals surface area contributed by atoms with E-state index in [1.165, 1.54) is 54.5 Å². The zero-order valence-corrected chi connectivity index (χ0v) is 12.1. The maximum atomic E-state index is 3.59. The zero-order chi connectivity index (χ0) is 12.4. The van der Waals surface area contributed by atoms with Gasteiger partial charge in [0.15, 0.2) is 0 Å². The van der Waals surface area contributed by atoms with Crippen LogP contribution >= 0.6 is 11.8 Å². The van der Waals surface area contributed by atoms with Gasteiger partial charge in [0.05, 0.1) is 0 Å². The number of benzene rings is 1. The van der Waals surface area contributed by atoms with Crippen molar-refractivity contribution in [3.63, 3.8) is 0 Å². The number of aryl methyl sites for hydroxylation is 1. The summed E-state index contributed by atoms with van der Waals surface area (Å²) in [5.41, 5.74) is 2.90. The predicted molar refractivity (Wildman–Crippen MR) is 79.2 cm³/mol. The van der Waals surface area contributed by atoms with Gasteiger partial charge in [-0.25, -0.2) is 0 Å². The van der Waals surface area contributed by atoms with Gasteiger partial charge in [-0.3, -0.25) is 0 Å². The minimum absolute atomic E-state index is 0.804. The van der Waals surface area contributed by atoms with Crippen LogP contribution in [0.1, 0.15) is 49.7 Å². The lowest BCUT2D eigenvalue weighted by molar-refractivity contribution is 0.687. The molecule has 18 heavy (non-hydrogen) atoms. The Bertz CT molecular complexity index is 406. The number of hydrogen-bond acceptors (Lipinski definition) is 2. The number of rotatable bonds is 5. The highest BCUT2D eigenvalue weighted by Crippen LogP contribution is 2.36. The van der Waals surface area contributed by atoms with E-state index in [-0.39, 0.29) is 0 Å². The van der Waals surface area contributed by atoms with Gasteiger partial charge in [-0.05, 0) is 49.8 Å². The zero-order valence-electron chi connectivity index (χ0n) is 11.2. The Labute approximate surface area is 115 Å². The van der Waals surface area contributed by atoms with E-state index < -0.39 is 0 Å². The summed E-state index contributed by atoms with van der Waals surface area (Å²) >= 11 is 2.10. The summed E-state index contributed by atoms with van der Waals surface area (Å²) in [5.74, 6) is 0. The quantitative estimate of drug-likeness (QED) is 0.849. The molecular formula is C16H23NS. The van der Waals surface area contributed by atoms with Gasteiger partial charge in [-0.2, -0.15) is 0 Å². The average molecular weight is 261 g/mol. The molecule has 98 valence electrons. The molecule has 1 N–H and O–H groups in total. The van der Waals surface area contributed by atoms with Crippen LogP contribution in [0, 0.1) is 6.92 Å². The largest absolute Gasteiger partial charge is 0.310 e. The molecule has 0 saturated heterocycles. The minimum atomic E-state index is 0.804. The van der Waals surface area contributed by atoms with Gasteiger partial charge in [-0.1, -0.05) is 25.0 Å². The first-order valence-electron chi connectivity index (χ1n) is 7.31. The van der Waals surface area contributed by atoms with E-state index in [9.17, 15) is 0 Å². The monoisotopic (exact) mass is 261 g/mol. The molecule has 0 radical (unpaired) electrons. The molecule has 2 aliphatic carbocycles. The highest BCUT2D eigenvalue weighted by atomic mass is 32.2. The lowest BCUT2D eigenvalue weighted by atomic mass is 10.1. The van der Waals surface area contributed by atoms with E-state index in [1.807, 2.05) is 0 Å². The van der Waals surface area contributed by atoms with Crippen LogP contribution in [0.4, 0.5) is 0 Å². The Morgan fingerprint density at radius 1 is 1.17 bits per heavy atom. The molecule has 0 heterocycles. The van der Waals surface area contributed by atoms with E-state index in [2.05, 4.69) is 42.2 Å². The third kappa shape index (κ3) is 3.30. The van der Waals surface area contributed by atoms with E-state index >= 15 is 0 Å². The van der Waals surface area contributed by atoms with Crippen molar-refractivity contribution in [1.82, 2.24) is 5.32 Å². The third-order valence-electron chi connectivity index (χ3n) is 4.01. The van der Waals surface area contributed by atoms with Crippen LogP contribution in [-0.2, 0) is 6.54 Å². The minimum Gasteiger partial charge on any atom is -0.310 e. The van der Waals surface area contributed by atoms with Crippen molar-refractivity contribution < 1.29 is 0 Å². The normalized spacial score (nSPS) is 20.5. The van der Waals surface area contributed by atoms with Crippen molar-refractivity contribution in [3.05, 3.63) is 29.3 Å². The van der Waals surface area contributed by atoms with Crippen molar-refractivity contribution >= 4 is 11.8 Å². The summed E-state index contributed by atoms with van der Waals surface area (Å²) in [4.78, 5) is 1.50. The van der Waals surface area contributed by atoms with Gasteiger partial charge in [0.2, 0.25) is 0 Å². The van der Waals surface area contributed by atoms with Crippen molar-refractivity contribution in [3.8, 4) is 0 Å². The van der Waals surface area contributed by atoms with Crippen LogP contribution in [0.3, 0.4) is 0 Å². The summed E-state index contributed by atoms with van der Waals surface area (Å²) in [6.45, 7) is 3.30. The molecule has 1 nitrogen and oxygen atoms in total. The average Bonchev–Trinajstić information content (AvgIpc) is 3.06. The maximum Gasteiger partial charge on any atom is 0.0208 e. The summed E-state index contributed by atoms with van der Waals surface area (Å²) < 4.78 is 0. The SMILES string of the molecule is Cc1cc(CNC2CC2)ccc1SC1CCCC1. The molecule has 0 amide bonds. The van der Waals surface area contributed by atoms with Gasteiger partial charge in [0, 0.05) is 22.7 Å². The topological polar surface area (TPSA) is 12.0 Å². The second-order valence-electron chi connectivity index (χ2n) is 5.78. The van der Waals surface area contributed by atoms with Gasteiger partial charge < -0.3 is 5.32 Å². The summed E-state index contributed by atoms with van der Waals surface area (Å²) in [6, 6.07) is 7.81. The number of nitrogens with one attached hydrogen (secondary N) is 1. The Morgan fingerprint density at radius 2 is 1.94 bits per heavy atom. The van der Waals surface area contributed by atoms with Crippen LogP contribution in [0.25, 0.3) is 0 Å². The second kappa shape index (κ2) is 5.66. The standard InChI is InChI=1S/C16H23NS/c1-12-10-13(11-17-14-7-8-14)6-9-16(12)18-15-4-2-3-5-15/h6,9-10,14-15,17H,2-5,7-8,11H2,1H3. The first kappa shape index (κ1) is 12.6. The van der Waals surface area contributed by atoms with E-state index in [0.29, 0.717) is 0 Å². The van der Waals surface area contributed by atoms with Crippen LogP contribution in [0.5, 0.6) is 0 Å². The summed E-state index contributed by atoms with van der Waals surface area (Å²) in [7, 11) is 0. The van der Waals surface area contributed by atoms with Gasteiger partial charge in [0.25, 0.3) is 0 Å². The van der Waals surface area contributed by atoms with Crippen molar-refractivity contribution in [2.24, 2.45) is 0 Å². The Kier molecular flexibility index (Phi) is 3.95. The molecule has 0 bridgehead atoms. The molecule has 0 unspecified atom stereocenters. The smallest absolute Gasteiger partial charge is 0.0208 e. The molecule has 0 spiro atoms. The number of hydrogen-bond donors (Lipinski definition) is 1. The molecule has 3 rings (SSSR count). The molecule has 2 aliphatic rings. The fourth-order valence-electron chi connectivity index (χ4n) is 2.69. The summed E-state index contributed by atoms with van der Waals surface area (Å²) in [6.07, 6.45) is 8.42. The van der Waals surface area contributed by atoms with Crippen LogP contribution in [0.15, 0.2) is 23.1 Å². The molecule has 1 aromatic rings. The van der Waals surface area contributed by atoms with Gasteiger partial charge in [-0.15, -0.1) is 11.8 Å². The lowest BCUT2D eigenvalue weighted by Crippen LogP contribution is -2.15. The second-order valence-corrected chi connectivity index (χ2v) is 7.12. The van der Waals surface area contributed by atoms with Crippen molar-refractivity contribution in [2.45, 2.75) is 68.2 Å². The maximum absolute atomic E-state index is 3.59. The van der Waals surface area contributed by atoms with Gasteiger partial charge >= 0.3 is 0 Å². The third-order valence-corrected chi connectivity index (χ3v) is 5.52. The number of thioether (sulfide) groups is 1.